The quantitative estimate of drug-likeness (QED) is 0.490. The minimum Gasteiger partial charge on any atom is -0.295 e. The van der Waals surface area contributed by atoms with Gasteiger partial charge in [0.05, 0.1) is 5.92 Å². The van der Waals surface area contributed by atoms with Crippen LogP contribution < -0.4 is 5.32 Å². The van der Waals surface area contributed by atoms with Gasteiger partial charge < -0.3 is 0 Å². The van der Waals surface area contributed by atoms with Crippen LogP contribution in [0.1, 0.15) is 0 Å². The molecule has 0 aromatic heterocycles. The highest BCUT2D eigenvalue weighted by Crippen LogP contribution is 2.26. The molecule has 3 heteroatoms. The Morgan fingerprint density at radius 1 is 1.27 bits per heavy atom. The van der Waals surface area contributed by atoms with Gasteiger partial charge in [-0.2, -0.15) is 0 Å². The molecule has 1 unspecified atom stereocenters. The second-order valence-corrected chi connectivity index (χ2v) is 2.50. The molecule has 1 aliphatic carbocycles. The molecule has 1 aliphatic heterocycles. The maximum atomic E-state index is 11.0. The Morgan fingerprint density at radius 2 is 2.09 bits per heavy atom. The van der Waals surface area contributed by atoms with E-state index in [1.807, 2.05) is 0 Å². The molecule has 0 bridgehead atoms. The van der Waals surface area contributed by atoms with Gasteiger partial charge in [-0.15, -0.1) is 0 Å². The number of imide groups is 1. The first-order valence-electron chi connectivity index (χ1n) is 3.36. The lowest BCUT2D eigenvalue weighted by Gasteiger charge is -2.07. The molecule has 1 fully saturated rings. The average Bonchev–Trinajstić information content (AvgIpc) is 2.30. The summed E-state index contributed by atoms with van der Waals surface area (Å²) in [6.45, 7) is 0. The number of allylic oxidation sites excluding steroid dienone is 2. The van der Waals surface area contributed by atoms with Crippen LogP contribution >= 0.6 is 0 Å². The molecule has 2 rings (SSSR count). The molecule has 0 aromatic rings. The van der Waals surface area contributed by atoms with Gasteiger partial charge in [-0.3, -0.25) is 14.9 Å². The third kappa shape index (κ3) is 0.808. The summed E-state index contributed by atoms with van der Waals surface area (Å²) < 4.78 is 0. The summed E-state index contributed by atoms with van der Waals surface area (Å²) >= 11 is 0. The van der Waals surface area contributed by atoms with E-state index in [1.54, 1.807) is 24.3 Å². The van der Waals surface area contributed by atoms with Crippen molar-refractivity contribution < 1.29 is 9.59 Å². The zero-order valence-corrected chi connectivity index (χ0v) is 5.70. The van der Waals surface area contributed by atoms with Crippen molar-refractivity contribution in [2.75, 3.05) is 0 Å². The van der Waals surface area contributed by atoms with E-state index in [-0.39, 0.29) is 17.7 Å². The van der Waals surface area contributed by atoms with Crippen LogP contribution in [0.25, 0.3) is 0 Å². The lowest BCUT2D eigenvalue weighted by Crippen LogP contribution is -2.21. The Labute approximate surface area is 63.8 Å². The standard InChI is InChI=1S/C8H6NO2/c10-7-5-3-1-2-4-6(5)8(11)9-7/h1-5H,(H,9,10,11). The summed E-state index contributed by atoms with van der Waals surface area (Å²) in [5.41, 5.74) is 0. The number of hydrogen-bond donors (Lipinski definition) is 1. The van der Waals surface area contributed by atoms with Gasteiger partial charge in [0.1, 0.15) is 5.92 Å². The van der Waals surface area contributed by atoms with E-state index < -0.39 is 0 Å². The maximum absolute atomic E-state index is 11.0. The predicted molar refractivity (Wildman–Crippen MR) is 38.2 cm³/mol. The monoisotopic (exact) mass is 148 g/mol. The molecule has 1 heterocycles. The Kier molecular flexibility index (Phi) is 1.18. The summed E-state index contributed by atoms with van der Waals surface area (Å²) in [5, 5.41) is 2.24. The molecule has 1 atom stereocenters. The second kappa shape index (κ2) is 2.05. The van der Waals surface area contributed by atoms with Crippen LogP contribution in [0.5, 0.6) is 0 Å². The van der Waals surface area contributed by atoms with Crippen molar-refractivity contribution in [1.29, 1.82) is 0 Å². The van der Waals surface area contributed by atoms with E-state index in [9.17, 15) is 9.59 Å². The zero-order valence-electron chi connectivity index (χ0n) is 5.70. The van der Waals surface area contributed by atoms with Gasteiger partial charge >= 0.3 is 0 Å². The molecule has 3 nitrogen and oxygen atoms in total. The van der Waals surface area contributed by atoms with Crippen molar-refractivity contribution in [1.82, 2.24) is 5.32 Å². The fraction of sp³-hybridized carbons (Fsp3) is 0.125. The van der Waals surface area contributed by atoms with Crippen LogP contribution in [0.4, 0.5) is 0 Å². The summed E-state index contributed by atoms with van der Waals surface area (Å²) in [6.07, 6.45) is 6.91. The van der Waals surface area contributed by atoms with Crippen LogP contribution in [-0.2, 0) is 9.59 Å². The van der Waals surface area contributed by atoms with Gasteiger partial charge in [0.2, 0.25) is 11.8 Å². The lowest BCUT2D eigenvalue weighted by atomic mass is 9.91. The Bertz CT molecular complexity index is 250. The topological polar surface area (TPSA) is 46.2 Å². The summed E-state index contributed by atoms with van der Waals surface area (Å²) in [7, 11) is 0. The number of rotatable bonds is 0. The molecule has 2 amide bonds. The highest BCUT2D eigenvalue weighted by atomic mass is 16.2. The van der Waals surface area contributed by atoms with E-state index in [4.69, 9.17) is 0 Å². The molecule has 1 saturated heterocycles. The summed E-state index contributed by atoms with van der Waals surface area (Å²) in [5.74, 6) is -0.267. The predicted octanol–water partition coefficient (Wildman–Crippen LogP) is -0.0405. The van der Waals surface area contributed by atoms with Crippen LogP contribution in [0.15, 0.2) is 24.3 Å². The van der Waals surface area contributed by atoms with Crippen molar-refractivity contribution in [3.8, 4) is 0 Å². The minimum atomic E-state index is -0.340. The Balaban J connectivity index is 2.37. The first-order valence-corrected chi connectivity index (χ1v) is 3.36. The highest BCUT2D eigenvalue weighted by molar-refractivity contribution is 6.15. The SMILES string of the molecule is O=C1NC(=O)C2C=CC=C[C]12. The minimum absolute atomic E-state index is 0.217. The molecule has 0 saturated carbocycles. The Hall–Kier alpha value is -1.38. The molecule has 0 spiro atoms. The molecular formula is C8H6NO2. The van der Waals surface area contributed by atoms with E-state index in [0.29, 0.717) is 5.92 Å². The summed E-state index contributed by atoms with van der Waals surface area (Å²) in [4.78, 5) is 21.9. The smallest absolute Gasteiger partial charge is 0.239 e. The fourth-order valence-electron chi connectivity index (χ4n) is 1.25. The van der Waals surface area contributed by atoms with Crippen molar-refractivity contribution in [3.63, 3.8) is 0 Å². The highest BCUT2D eigenvalue weighted by Gasteiger charge is 2.39. The second-order valence-electron chi connectivity index (χ2n) is 2.50. The van der Waals surface area contributed by atoms with Gasteiger partial charge in [-0.05, 0) is 0 Å². The number of carbonyl (C=O) groups is 2. The average molecular weight is 148 g/mol. The van der Waals surface area contributed by atoms with Crippen LogP contribution in [-0.4, -0.2) is 11.8 Å². The molecule has 0 aromatic carbocycles. The van der Waals surface area contributed by atoms with Crippen molar-refractivity contribution in [3.05, 3.63) is 30.2 Å². The fourth-order valence-corrected chi connectivity index (χ4v) is 1.25. The van der Waals surface area contributed by atoms with Crippen molar-refractivity contribution in [2.24, 2.45) is 5.92 Å². The van der Waals surface area contributed by atoms with E-state index in [0.717, 1.165) is 0 Å². The van der Waals surface area contributed by atoms with Crippen molar-refractivity contribution in [2.45, 2.75) is 0 Å². The third-order valence-electron chi connectivity index (χ3n) is 1.81. The van der Waals surface area contributed by atoms with Crippen LogP contribution in [0, 0.1) is 11.8 Å². The van der Waals surface area contributed by atoms with Gasteiger partial charge in [-0.1, -0.05) is 24.3 Å². The van der Waals surface area contributed by atoms with E-state index >= 15 is 0 Å². The zero-order chi connectivity index (χ0) is 7.84. The molecule has 55 valence electrons. The molecule has 11 heavy (non-hydrogen) atoms. The number of hydrogen-bond acceptors (Lipinski definition) is 2. The molecule has 1 radical (unpaired) electrons. The van der Waals surface area contributed by atoms with Gasteiger partial charge in [0, 0.05) is 0 Å². The van der Waals surface area contributed by atoms with Gasteiger partial charge in [-0.25, -0.2) is 0 Å². The first kappa shape index (κ1) is 6.34. The number of nitrogens with one attached hydrogen (secondary N) is 1. The number of amides is 2. The normalized spacial score (nSPS) is 28.9. The summed E-state index contributed by atoms with van der Waals surface area (Å²) in [6, 6.07) is 0. The lowest BCUT2D eigenvalue weighted by molar-refractivity contribution is -0.125. The van der Waals surface area contributed by atoms with E-state index in [2.05, 4.69) is 5.32 Å². The van der Waals surface area contributed by atoms with Gasteiger partial charge in [0.15, 0.2) is 0 Å². The largest absolute Gasteiger partial charge is 0.295 e. The van der Waals surface area contributed by atoms with Crippen molar-refractivity contribution >= 4 is 11.8 Å². The third-order valence-corrected chi connectivity index (χ3v) is 1.81. The van der Waals surface area contributed by atoms with Crippen LogP contribution in [0.3, 0.4) is 0 Å². The number of fused-ring (bicyclic) bond motifs is 1. The van der Waals surface area contributed by atoms with Crippen LogP contribution in [0.2, 0.25) is 0 Å². The molecule has 1 N–H and O–H groups in total. The molecule has 2 aliphatic rings. The molecular weight excluding hydrogens is 142 g/mol. The van der Waals surface area contributed by atoms with E-state index in [1.165, 1.54) is 0 Å². The van der Waals surface area contributed by atoms with Gasteiger partial charge in [0.25, 0.3) is 0 Å². The maximum Gasteiger partial charge on any atom is 0.239 e. The first-order chi connectivity index (χ1) is 5.29. The Morgan fingerprint density at radius 3 is 2.82 bits per heavy atom. The number of carbonyl (C=O) groups excluding carboxylic acids is 2.